The van der Waals surface area contributed by atoms with Gasteiger partial charge < -0.3 is 14.8 Å². The zero-order valence-electron chi connectivity index (χ0n) is 12.3. The fourth-order valence-corrected chi connectivity index (χ4v) is 3.83. The second-order valence-corrected chi connectivity index (χ2v) is 6.47. The Labute approximate surface area is 125 Å². The molecule has 21 heavy (non-hydrogen) atoms. The van der Waals surface area contributed by atoms with Crippen molar-refractivity contribution in [1.82, 2.24) is 0 Å². The summed E-state index contributed by atoms with van der Waals surface area (Å²) >= 11 is 0. The van der Waals surface area contributed by atoms with Gasteiger partial charge in [0.1, 0.15) is 0 Å². The van der Waals surface area contributed by atoms with Crippen LogP contribution in [0.25, 0.3) is 11.1 Å². The van der Waals surface area contributed by atoms with Crippen molar-refractivity contribution in [3.63, 3.8) is 0 Å². The molecule has 0 spiro atoms. The molecule has 0 unspecified atom stereocenters. The van der Waals surface area contributed by atoms with E-state index in [9.17, 15) is 4.57 Å². The average molecular weight is 305 g/mol. The fraction of sp³-hybridized carbons (Fsp3) is 0.250. The van der Waals surface area contributed by atoms with Crippen LogP contribution in [0.2, 0.25) is 0 Å². The molecule has 0 atom stereocenters. The van der Waals surface area contributed by atoms with E-state index in [1.807, 2.05) is 36.4 Å². The zero-order valence-corrected chi connectivity index (χ0v) is 13.2. The van der Waals surface area contributed by atoms with Crippen molar-refractivity contribution in [1.29, 1.82) is 0 Å². The van der Waals surface area contributed by atoms with Crippen LogP contribution < -0.4 is 11.0 Å². The summed E-state index contributed by atoms with van der Waals surface area (Å²) in [4.78, 5) is 0. The molecule has 5 heteroatoms. The van der Waals surface area contributed by atoms with Crippen LogP contribution in [0.1, 0.15) is 13.8 Å². The van der Waals surface area contributed by atoms with Crippen molar-refractivity contribution in [2.24, 2.45) is 0 Å². The van der Waals surface area contributed by atoms with Gasteiger partial charge >= 0.3 is 7.60 Å². The van der Waals surface area contributed by atoms with Gasteiger partial charge in [-0.05, 0) is 37.1 Å². The van der Waals surface area contributed by atoms with Gasteiger partial charge in [0.15, 0.2) is 0 Å². The molecule has 0 saturated heterocycles. The van der Waals surface area contributed by atoms with Gasteiger partial charge in [-0.15, -0.1) is 0 Å². The Morgan fingerprint density at radius 3 is 2.14 bits per heavy atom. The van der Waals surface area contributed by atoms with Gasteiger partial charge in [-0.1, -0.05) is 36.4 Å². The molecule has 2 rings (SSSR count). The van der Waals surface area contributed by atoms with Gasteiger partial charge in [0.25, 0.3) is 0 Å². The van der Waals surface area contributed by atoms with E-state index >= 15 is 0 Å². The Kier molecular flexibility index (Phi) is 5.18. The predicted molar refractivity (Wildman–Crippen MR) is 86.8 cm³/mol. The lowest BCUT2D eigenvalue weighted by atomic mass is 10.1. The molecule has 0 amide bonds. The Bertz CT molecular complexity index is 633. The molecule has 2 aromatic carbocycles. The van der Waals surface area contributed by atoms with Gasteiger partial charge in [0, 0.05) is 5.69 Å². The summed E-state index contributed by atoms with van der Waals surface area (Å²) in [6, 6.07) is 15.3. The van der Waals surface area contributed by atoms with E-state index in [0.29, 0.717) is 24.2 Å². The minimum absolute atomic E-state index is 0.298. The molecule has 0 saturated carbocycles. The van der Waals surface area contributed by atoms with Crippen LogP contribution in [0.4, 0.5) is 5.69 Å². The lowest BCUT2D eigenvalue weighted by Gasteiger charge is -2.19. The van der Waals surface area contributed by atoms with Gasteiger partial charge in [-0.2, -0.15) is 0 Å². The van der Waals surface area contributed by atoms with E-state index in [0.717, 1.165) is 11.1 Å². The number of nitrogens with two attached hydrogens (primary N) is 1. The summed E-state index contributed by atoms with van der Waals surface area (Å²) in [5.41, 5.74) is 8.35. The molecule has 0 aliphatic heterocycles. The van der Waals surface area contributed by atoms with E-state index in [2.05, 4.69) is 0 Å². The smallest absolute Gasteiger partial charge is 0.363 e. The summed E-state index contributed by atoms with van der Waals surface area (Å²) in [6.07, 6.45) is 0. The maximum Gasteiger partial charge on any atom is 0.363 e. The van der Waals surface area contributed by atoms with Crippen molar-refractivity contribution in [3.8, 4) is 11.1 Å². The van der Waals surface area contributed by atoms with E-state index in [1.54, 1.807) is 26.0 Å². The Morgan fingerprint density at radius 2 is 1.57 bits per heavy atom. The lowest BCUT2D eigenvalue weighted by Crippen LogP contribution is -2.15. The van der Waals surface area contributed by atoms with E-state index in [1.165, 1.54) is 0 Å². The van der Waals surface area contributed by atoms with Crippen LogP contribution in [0.15, 0.2) is 48.5 Å². The third kappa shape index (κ3) is 3.53. The standard InChI is InChI=1S/C16H20NO3P/c1-3-19-21(18,20-4-2)16-12-14(10-11-15(16)17)13-8-6-5-7-9-13/h5-12H,3-4,17H2,1-2H3. The first kappa shape index (κ1) is 15.8. The lowest BCUT2D eigenvalue weighted by molar-refractivity contribution is 0.230. The summed E-state index contributed by atoms with van der Waals surface area (Å²) in [5.74, 6) is 0. The topological polar surface area (TPSA) is 61.5 Å². The fourth-order valence-electron chi connectivity index (χ4n) is 2.11. The van der Waals surface area contributed by atoms with E-state index < -0.39 is 7.60 Å². The largest absolute Gasteiger partial charge is 0.398 e. The van der Waals surface area contributed by atoms with Crippen molar-refractivity contribution in [2.75, 3.05) is 18.9 Å². The average Bonchev–Trinajstić information content (AvgIpc) is 2.49. The van der Waals surface area contributed by atoms with Crippen molar-refractivity contribution >= 4 is 18.6 Å². The molecule has 0 aliphatic rings. The minimum atomic E-state index is -3.38. The van der Waals surface area contributed by atoms with Crippen molar-refractivity contribution in [3.05, 3.63) is 48.5 Å². The first-order valence-electron chi connectivity index (χ1n) is 6.95. The summed E-state index contributed by atoms with van der Waals surface area (Å²) in [5, 5.41) is 0.424. The summed E-state index contributed by atoms with van der Waals surface area (Å²) in [6.45, 7) is 4.16. The van der Waals surface area contributed by atoms with Crippen LogP contribution in [-0.4, -0.2) is 13.2 Å². The molecule has 2 N–H and O–H groups in total. The summed E-state index contributed by atoms with van der Waals surface area (Å²) in [7, 11) is -3.38. The molecule has 0 heterocycles. The predicted octanol–water partition coefficient (Wildman–Crippen LogP) is 3.83. The Morgan fingerprint density at radius 1 is 0.952 bits per heavy atom. The van der Waals surface area contributed by atoms with Crippen LogP contribution in [0.5, 0.6) is 0 Å². The van der Waals surface area contributed by atoms with Gasteiger partial charge in [-0.25, -0.2) is 0 Å². The first-order valence-corrected chi connectivity index (χ1v) is 8.49. The highest BCUT2D eigenvalue weighted by Gasteiger charge is 2.29. The summed E-state index contributed by atoms with van der Waals surface area (Å²) < 4.78 is 23.7. The normalized spacial score (nSPS) is 11.5. The van der Waals surface area contributed by atoms with Crippen molar-refractivity contribution in [2.45, 2.75) is 13.8 Å². The van der Waals surface area contributed by atoms with Crippen LogP contribution in [0, 0.1) is 0 Å². The molecule has 0 bridgehead atoms. The Balaban J connectivity index is 2.50. The third-order valence-corrected chi connectivity index (χ3v) is 5.20. The molecule has 0 aromatic heterocycles. The first-order chi connectivity index (χ1) is 10.1. The highest BCUT2D eigenvalue weighted by Crippen LogP contribution is 2.48. The molecule has 4 nitrogen and oxygen atoms in total. The molecular formula is C16H20NO3P. The Hall–Kier alpha value is -1.61. The van der Waals surface area contributed by atoms with Crippen molar-refractivity contribution < 1.29 is 13.6 Å². The molecular weight excluding hydrogens is 285 g/mol. The molecule has 0 aliphatic carbocycles. The van der Waals surface area contributed by atoms with Crippen LogP contribution in [0.3, 0.4) is 0 Å². The second-order valence-electron chi connectivity index (χ2n) is 4.47. The zero-order chi connectivity index (χ0) is 15.3. The number of hydrogen-bond acceptors (Lipinski definition) is 4. The number of hydrogen-bond donors (Lipinski definition) is 1. The SMILES string of the molecule is CCOP(=O)(OCC)c1cc(-c2ccccc2)ccc1N. The highest BCUT2D eigenvalue weighted by molar-refractivity contribution is 7.62. The number of rotatable bonds is 6. The van der Waals surface area contributed by atoms with E-state index in [-0.39, 0.29) is 0 Å². The maximum absolute atomic E-state index is 12.9. The number of anilines is 1. The highest BCUT2D eigenvalue weighted by atomic mass is 31.2. The van der Waals surface area contributed by atoms with Crippen LogP contribution >= 0.6 is 7.60 Å². The van der Waals surface area contributed by atoms with E-state index in [4.69, 9.17) is 14.8 Å². The molecule has 0 radical (unpaired) electrons. The third-order valence-electron chi connectivity index (χ3n) is 3.03. The monoisotopic (exact) mass is 305 g/mol. The van der Waals surface area contributed by atoms with Crippen LogP contribution in [-0.2, 0) is 13.6 Å². The van der Waals surface area contributed by atoms with Gasteiger partial charge in [-0.3, -0.25) is 4.57 Å². The number of benzene rings is 2. The quantitative estimate of drug-likeness (QED) is 0.651. The van der Waals surface area contributed by atoms with Gasteiger partial charge in [0.2, 0.25) is 0 Å². The molecule has 0 fully saturated rings. The number of nitrogen functional groups attached to an aromatic ring is 1. The second kappa shape index (κ2) is 6.90. The minimum Gasteiger partial charge on any atom is -0.398 e. The molecule has 112 valence electrons. The van der Waals surface area contributed by atoms with Gasteiger partial charge in [0.05, 0.1) is 18.5 Å². The maximum atomic E-state index is 12.9. The molecule has 2 aromatic rings.